The molecule has 1 aliphatic rings. The van der Waals surface area contributed by atoms with Crippen molar-refractivity contribution in [2.75, 3.05) is 13.1 Å². The maximum Gasteiger partial charge on any atom is 0.246 e. The molecule has 1 N–H and O–H groups in total. The number of carbonyl (C=O) groups excluding carboxylic acids is 1. The fourth-order valence-corrected chi connectivity index (χ4v) is 5.38. The third-order valence-electron chi connectivity index (χ3n) is 5.85. The summed E-state index contributed by atoms with van der Waals surface area (Å²) in [5.74, 6) is -0.488. The molecule has 0 spiro atoms. The van der Waals surface area contributed by atoms with Crippen molar-refractivity contribution in [2.24, 2.45) is 18.4 Å². The fourth-order valence-electron chi connectivity index (χ4n) is 3.67. The van der Waals surface area contributed by atoms with E-state index in [2.05, 4.69) is 36.3 Å². The summed E-state index contributed by atoms with van der Waals surface area (Å²) in [6.45, 7) is 9.11. The zero-order valence-electron chi connectivity index (χ0n) is 18.4. The van der Waals surface area contributed by atoms with Gasteiger partial charge >= 0.3 is 0 Å². The van der Waals surface area contributed by atoms with Crippen molar-refractivity contribution in [3.8, 4) is 0 Å². The average Bonchev–Trinajstić information content (AvgIpc) is 3.31. The second kappa shape index (κ2) is 8.50. The standard InChI is InChI=1S/C20H32N6O3S/c1-15-17(12-22-24(15)5)30(28,29)26-11-6-8-16(13-26)19(27)23-18(20(2,3)4)14-25-10-7-9-21-25/h7,9-10,12,16,18H,6,8,11,13-14H2,1-5H3,(H,23,27)/t16-,18-/m1/s1. The van der Waals surface area contributed by atoms with Gasteiger partial charge in [-0.3, -0.25) is 14.2 Å². The van der Waals surface area contributed by atoms with Gasteiger partial charge in [0.2, 0.25) is 15.9 Å². The van der Waals surface area contributed by atoms with Crippen molar-refractivity contribution in [3.63, 3.8) is 0 Å². The van der Waals surface area contributed by atoms with Gasteiger partial charge in [-0.1, -0.05) is 20.8 Å². The number of aryl methyl sites for hydroxylation is 1. The van der Waals surface area contributed by atoms with Crippen molar-refractivity contribution in [3.05, 3.63) is 30.4 Å². The van der Waals surface area contributed by atoms with E-state index in [1.165, 1.54) is 10.5 Å². The Morgan fingerprint density at radius 3 is 2.63 bits per heavy atom. The molecule has 1 amide bonds. The van der Waals surface area contributed by atoms with E-state index in [0.29, 0.717) is 31.6 Å². The molecule has 3 rings (SSSR count). The molecule has 9 nitrogen and oxygen atoms in total. The van der Waals surface area contributed by atoms with Crippen LogP contribution in [0.25, 0.3) is 0 Å². The first-order valence-corrected chi connectivity index (χ1v) is 11.7. The molecular weight excluding hydrogens is 404 g/mol. The van der Waals surface area contributed by atoms with E-state index < -0.39 is 10.0 Å². The van der Waals surface area contributed by atoms with E-state index in [1.54, 1.807) is 29.5 Å². The first-order valence-electron chi connectivity index (χ1n) is 10.3. The van der Waals surface area contributed by atoms with Crippen LogP contribution in [-0.4, -0.2) is 57.3 Å². The fraction of sp³-hybridized carbons (Fsp3) is 0.650. The van der Waals surface area contributed by atoms with E-state index in [4.69, 9.17) is 0 Å². The molecule has 3 heterocycles. The smallest absolute Gasteiger partial charge is 0.246 e. The predicted octanol–water partition coefficient (Wildman–Crippen LogP) is 1.56. The molecule has 1 aliphatic heterocycles. The number of rotatable bonds is 6. The van der Waals surface area contributed by atoms with Crippen LogP contribution in [0.2, 0.25) is 0 Å². The molecule has 0 saturated carbocycles. The molecule has 2 atom stereocenters. The number of hydrogen-bond donors (Lipinski definition) is 1. The Morgan fingerprint density at radius 2 is 2.07 bits per heavy atom. The van der Waals surface area contributed by atoms with Crippen LogP contribution in [0.1, 0.15) is 39.3 Å². The lowest BCUT2D eigenvalue weighted by Gasteiger charge is -2.35. The minimum atomic E-state index is -3.68. The first-order chi connectivity index (χ1) is 14.0. The maximum atomic E-state index is 13.1. The Bertz CT molecular complexity index is 975. The molecule has 166 valence electrons. The van der Waals surface area contributed by atoms with Crippen LogP contribution in [0.5, 0.6) is 0 Å². The molecule has 10 heteroatoms. The van der Waals surface area contributed by atoms with Gasteiger partial charge in [-0.25, -0.2) is 8.42 Å². The number of piperidine rings is 1. The number of aromatic nitrogens is 4. The Balaban J connectivity index is 1.72. The van der Waals surface area contributed by atoms with Crippen LogP contribution < -0.4 is 5.32 Å². The normalized spacial score (nSPS) is 19.6. The molecule has 0 aromatic carbocycles. The number of amides is 1. The van der Waals surface area contributed by atoms with Gasteiger partial charge in [0.15, 0.2) is 0 Å². The molecule has 0 aliphatic carbocycles. The zero-order valence-corrected chi connectivity index (χ0v) is 19.2. The van der Waals surface area contributed by atoms with E-state index in [1.807, 2.05) is 12.3 Å². The molecule has 0 unspecified atom stereocenters. The van der Waals surface area contributed by atoms with Gasteiger partial charge in [0.1, 0.15) is 4.90 Å². The summed E-state index contributed by atoms with van der Waals surface area (Å²) in [6, 6.07) is 1.73. The van der Waals surface area contributed by atoms with Gasteiger partial charge < -0.3 is 5.32 Å². The number of sulfonamides is 1. The van der Waals surface area contributed by atoms with Gasteiger partial charge in [-0.15, -0.1) is 0 Å². The van der Waals surface area contributed by atoms with Crippen molar-refractivity contribution >= 4 is 15.9 Å². The minimum Gasteiger partial charge on any atom is -0.351 e. The molecule has 0 radical (unpaired) electrons. The second-order valence-electron chi connectivity index (χ2n) is 9.08. The topological polar surface area (TPSA) is 102 Å². The van der Waals surface area contributed by atoms with E-state index in [9.17, 15) is 13.2 Å². The number of nitrogens with one attached hydrogen (secondary N) is 1. The summed E-state index contributed by atoms with van der Waals surface area (Å²) in [6.07, 6.45) is 6.29. The lowest BCUT2D eigenvalue weighted by atomic mass is 9.86. The molecule has 2 aromatic heterocycles. The summed E-state index contributed by atoms with van der Waals surface area (Å²) >= 11 is 0. The van der Waals surface area contributed by atoms with E-state index in [0.717, 1.165) is 0 Å². The molecule has 1 fully saturated rings. The maximum absolute atomic E-state index is 13.1. The second-order valence-corrected chi connectivity index (χ2v) is 11.0. The lowest BCUT2D eigenvalue weighted by molar-refractivity contribution is -0.127. The van der Waals surface area contributed by atoms with Crippen molar-refractivity contribution < 1.29 is 13.2 Å². The monoisotopic (exact) mass is 436 g/mol. The summed E-state index contributed by atoms with van der Waals surface area (Å²) in [4.78, 5) is 13.3. The summed E-state index contributed by atoms with van der Waals surface area (Å²) in [5.41, 5.74) is 0.420. The minimum absolute atomic E-state index is 0.107. The Labute approximate surface area is 178 Å². The third kappa shape index (κ3) is 4.75. The summed E-state index contributed by atoms with van der Waals surface area (Å²) in [5, 5.41) is 11.5. The van der Waals surface area contributed by atoms with Gasteiger partial charge in [0.25, 0.3) is 0 Å². The summed E-state index contributed by atoms with van der Waals surface area (Å²) < 4.78 is 31.0. The highest BCUT2D eigenvalue weighted by atomic mass is 32.2. The number of nitrogens with zero attached hydrogens (tertiary/aromatic N) is 5. The molecular formula is C20H32N6O3S. The highest BCUT2D eigenvalue weighted by Gasteiger charge is 2.36. The van der Waals surface area contributed by atoms with Crippen molar-refractivity contribution in [1.29, 1.82) is 0 Å². The molecule has 1 saturated heterocycles. The molecule has 2 aromatic rings. The van der Waals surface area contributed by atoms with Crippen molar-refractivity contribution in [2.45, 2.75) is 58.0 Å². The van der Waals surface area contributed by atoms with Crippen molar-refractivity contribution in [1.82, 2.24) is 29.2 Å². The first kappa shape index (κ1) is 22.5. The zero-order chi connectivity index (χ0) is 22.1. The van der Waals surface area contributed by atoms with E-state index >= 15 is 0 Å². The molecule has 0 bridgehead atoms. The average molecular weight is 437 g/mol. The van der Waals surface area contributed by atoms with Gasteiger partial charge in [-0.2, -0.15) is 14.5 Å². The summed E-state index contributed by atoms with van der Waals surface area (Å²) in [7, 11) is -1.96. The van der Waals surface area contributed by atoms with Gasteiger partial charge in [0, 0.05) is 32.5 Å². The van der Waals surface area contributed by atoms with Crippen LogP contribution in [-0.2, 0) is 28.4 Å². The highest BCUT2D eigenvalue weighted by molar-refractivity contribution is 7.89. The van der Waals surface area contributed by atoms with Gasteiger partial charge in [-0.05, 0) is 31.2 Å². The molecule has 30 heavy (non-hydrogen) atoms. The van der Waals surface area contributed by atoms with Crippen LogP contribution in [0.4, 0.5) is 0 Å². The Kier molecular flexibility index (Phi) is 6.37. The Hall–Kier alpha value is -2.20. The van der Waals surface area contributed by atoms with E-state index in [-0.39, 0.29) is 34.7 Å². The number of hydrogen-bond acceptors (Lipinski definition) is 5. The van der Waals surface area contributed by atoms with Crippen LogP contribution >= 0.6 is 0 Å². The predicted molar refractivity (Wildman–Crippen MR) is 113 cm³/mol. The largest absolute Gasteiger partial charge is 0.351 e. The third-order valence-corrected chi connectivity index (χ3v) is 7.82. The van der Waals surface area contributed by atoms with Crippen LogP contribution in [0, 0.1) is 18.3 Å². The van der Waals surface area contributed by atoms with Crippen LogP contribution in [0.3, 0.4) is 0 Å². The highest BCUT2D eigenvalue weighted by Crippen LogP contribution is 2.27. The quantitative estimate of drug-likeness (QED) is 0.740. The van der Waals surface area contributed by atoms with Crippen LogP contribution in [0.15, 0.2) is 29.6 Å². The Morgan fingerprint density at radius 1 is 1.33 bits per heavy atom. The number of carbonyl (C=O) groups is 1. The SMILES string of the molecule is Cc1c(S(=O)(=O)N2CCC[C@@H](C(=O)N[C@H](Cn3cccn3)C(C)(C)C)C2)cnn1C. The van der Waals surface area contributed by atoms with Gasteiger partial charge in [0.05, 0.1) is 30.4 Å². The lowest BCUT2D eigenvalue weighted by Crippen LogP contribution is -2.51.